The van der Waals surface area contributed by atoms with Crippen LogP contribution in [0, 0.1) is 20.8 Å². The SMILES string of the molecule is CCCCOc1c(C)nc(NC(=O)Nc2ccc(Cl)cc2)c(C)c1C. The Morgan fingerprint density at radius 2 is 1.80 bits per heavy atom. The Kier molecular flexibility index (Phi) is 6.65. The lowest BCUT2D eigenvalue weighted by Gasteiger charge is -2.17. The number of halogens is 1. The molecule has 2 aromatic rings. The Labute approximate surface area is 153 Å². The molecule has 0 radical (unpaired) electrons. The summed E-state index contributed by atoms with van der Waals surface area (Å²) in [6.45, 7) is 8.58. The highest BCUT2D eigenvalue weighted by atomic mass is 35.5. The van der Waals surface area contributed by atoms with Crippen molar-refractivity contribution in [1.29, 1.82) is 0 Å². The van der Waals surface area contributed by atoms with Crippen molar-refractivity contribution in [3.05, 3.63) is 46.1 Å². The first kappa shape index (κ1) is 19.1. The molecule has 0 saturated heterocycles. The molecule has 0 atom stereocenters. The normalized spacial score (nSPS) is 10.4. The molecule has 0 bridgehead atoms. The average Bonchev–Trinajstić information content (AvgIpc) is 2.57. The summed E-state index contributed by atoms with van der Waals surface area (Å²) in [4.78, 5) is 16.7. The predicted octanol–water partition coefficient (Wildman–Crippen LogP) is 5.48. The maximum atomic E-state index is 12.2. The molecular formula is C19H24ClN3O2. The largest absolute Gasteiger partial charge is 0.491 e. The maximum absolute atomic E-state index is 12.2. The summed E-state index contributed by atoms with van der Waals surface area (Å²) >= 11 is 5.84. The van der Waals surface area contributed by atoms with E-state index in [1.165, 1.54) is 0 Å². The van der Waals surface area contributed by atoms with Crippen molar-refractivity contribution in [2.24, 2.45) is 0 Å². The molecular weight excluding hydrogens is 338 g/mol. The Hall–Kier alpha value is -2.27. The number of aryl methyl sites for hydroxylation is 1. The van der Waals surface area contributed by atoms with Crippen LogP contribution in [0.25, 0.3) is 0 Å². The highest BCUT2D eigenvalue weighted by molar-refractivity contribution is 6.30. The third-order valence-electron chi connectivity index (χ3n) is 3.94. The summed E-state index contributed by atoms with van der Waals surface area (Å²) in [6, 6.07) is 6.57. The van der Waals surface area contributed by atoms with E-state index in [1.54, 1.807) is 24.3 Å². The van der Waals surface area contributed by atoms with Crippen molar-refractivity contribution >= 4 is 29.1 Å². The predicted molar refractivity (Wildman–Crippen MR) is 103 cm³/mol. The molecule has 25 heavy (non-hydrogen) atoms. The topological polar surface area (TPSA) is 63.2 Å². The molecule has 134 valence electrons. The number of nitrogens with one attached hydrogen (secondary N) is 2. The van der Waals surface area contributed by atoms with Crippen LogP contribution in [0.1, 0.15) is 36.6 Å². The summed E-state index contributed by atoms with van der Waals surface area (Å²) in [7, 11) is 0. The van der Waals surface area contributed by atoms with Crippen LogP contribution in [0.15, 0.2) is 24.3 Å². The van der Waals surface area contributed by atoms with Crippen LogP contribution in [-0.2, 0) is 0 Å². The fourth-order valence-corrected chi connectivity index (χ4v) is 2.50. The Morgan fingerprint density at radius 1 is 1.12 bits per heavy atom. The van der Waals surface area contributed by atoms with Crippen LogP contribution in [0.5, 0.6) is 5.75 Å². The molecule has 0 spiro atoms. The van der Waals surface area contributed by atoms with Gasteiger partial charge in [-0.3, -0.25) is 5.32 Å². The minimum Gasteiger partial charge on any atom is -0.491 e. The standard InChI is InChI=1S/C19H24ClN3O2/c1-5-6-11-25-17-12(2)13(3)18(21-14(17)4)23-19(24)22-16-9-7-15(20)8-10-16/h7-10H,5-6,11H2,1-4H3,(H2,21,22,23,24). The number of ether oxygens (including phenoxy) is 1. The van der Waals surface area contributed by atoms with Crippen LogP contribution in [0.3, 0.4) is 0 Å². The zero-order chi connectivity index (χ0) is 18.4. The quantitative estimate of drug-likeness (QED) is 0.669. The minimum atomic E-state index is -0.351. The molecule has 0 aliphatic carbocycles. The molecule has 2 amide bonds. The fourth-order valence-electron chi connectivity index (χ4n) is 2.38. The molecule has 0 aliphatic rings. The third-order valence-corrected chi connectivity index (χ3v) is 4.20. The minimum absolute atomic E-state index is 0.351. The summed E-state index contributed by atoms with van der Waals surface area (Å²) in [5, 5.41) is 6.18. The smallest absolute Gasteiger partial charge is 0.324 e. The molecule has 0 unspecified atom stereocenters. The number of pyridine rings is 1. The highest BCUT2D eigenvalue weighted by Gasteiger charge is 2.15. The van der Waals surface area contributed by atoms with Crippen molar-refractivity contribution < 1.29 is 9.53 Å². The lowest BCUT2D eigenvalue weighted by molar-refractivity contribution is 0.262. The van der Waals surface area contributed by atoms with Crippen molar-refractivity contribution in [2.75, 3.05) is 17.2 Å². The Bertz CT molecular complexity index is 745. The van der Waals surface area contributed by atoms with Gasteiger partial charge in [0.1, 0.15) is 11.6 Å². The number of hydrogen-bond acceptors (Lipinski definition) is 3. The van der Waals surface area contributed by atoms with Crippen LogP contribution in [0.4, 0.5) is 16.3 Å². The van der Waals surface area contributed by atoms with Gasteiger partial charge < -0.3 is 10.1 Å². The van der Waals surface area contributed by atoms with Gasteiger partial charge in [0.15, 0.2) is 0 Å². The van der Waals surface area contributed by atoms with E-state index in [0.717, 1.165) is 35.4 Å². The lowest BCUT2D eigenvalue weighted by atomic mass is 10.1. The van der Waals surface area contributed by atoms with E-state index in [9.17, 15) is 4.79 Å². The van der Waals surface area contributed by atoms with Gasteiger partial charge in [0, 0.05) is 10.7 Å². The number of nitrogens with zero attached hydrogens (tertiary/aromatic N) is 1. The molecule has 2 rings (SSSR count). The van der Waals surface area contributed by atoms with Gasteiger partial charge in [-0.2, -0.15) is 0 Å². The average molecular weight is 362 g/mol. The third kappa shape index (κ3) is 5.10. The molecule has 1 aromatic carbocycles. The van der Waals surface area contributed by atoms with Crippen molar-refractivity contribution in [1.82, 2.24) is 4.98 Å². The summed E-state index contributed by atoms with van der Waals surface area (Å²) in [5.41, 5.74) is 3.31. The molecule has 1 aromatic heterocycles. The highest BCUT2D eigenvalue weighted by Crippen LogP contribution is 2.29. The van der Waals surface area contributed by atoms with Gasteiger partial charge >= 0.3 is 6.03 Å². The van der Waals surface area contributed by atoms with E-state index in [0.29, 0.717) is 23.1 Å². The van der Waals surface area contributed by atoms with E-state index >= 15 is 0 Å². The van der Waals surface area contributed by atoms with E-state index in [1.807, 2.05) is 20.8 Å². The van der Waals surface area contributed by atoms with Crippen molar-refractivity contribution in [2.45, 2.75) is 40.5 Å². The molecule has 0 fully saturated rings. The van der Waals surface area contributed by atoms with E-state index in [4.69, 9.17) is 16.3 Å². The first-order chi connectivity index (χ1) is 11.9. The van der Waals surface area contributed by atoms with E-state index in [-0.39, 0.29) is 6.03 Å². The van der Waals surface area contributed by atoms with Gasteiger partial charge in [0.2, 0.25) is 0 Å². The molecule has 2 N–H and O–H groups in total. The second-order valence-electron chi connectivity index (χ2n) is 5.91. The number of carbonyl (C=O) groups is 1. The Balaban J connectivity index is 2.11. The summed E-state index contributed by atoms with van der Waals surface area (Å²) in [5.74, 6) is 1.33. The zero-order valence-corrected chi connectivity index (χ0v) is 15.8. The number of unbranched alkanes of at least 4 members (excludes halogenated alkanes) is 1. The number of carbonyl (C=O) groups excluding carboxylic acids is 1. The maximum Gasteiger partial charge on any atom is 0.324 e. The molecule has 5 nitrogen and oxygen atoms in total. The molecule has 0 saturated carbocycles. The van der Waals surface area contributed by atoms with Gasteiger partial charge in [-0.15, -0.1) is 0 Å². The van der Waals surface area contributed by atoms with Gasteiger partial charge in [-0.1, -0.05) is 24.9 Å². The van der Waals surface area contributed by atoms with E-state index < -0.39 is 0 Å². The first-order valence-electron chi connectivity index (χ1n) is 8.36. The van der Waals surface area contributed by atoms with Crippen LogP contribution in [0.2, 0.25) is 5.02 Å². The van der Waals surface area contributed by atoms with E-state index in [2.05, 4.69) is 22.5 Å². The summed E-state index contributed by atoms with van der Waals surface area (Å²) < 4.78 is 5.85. The second-order valence-corrected chi connectivity index (χ2v) is 6.35. The number of urea groups is 1. The number of hydrogen-bond donors (Lipinski definition) is 2. The molecule has 6 heteroatoms. The first-order valence-corrected chi connectivity index (χ1v) is 8.74. The van der Waals surface area contributed by atoms with Gasteiger partial charge in [-0.05, 0) is 62.6 Å². The number of anilines is 2. The van der Waals surface area contributed by atoms with Crippen LogP contribution >= 0.6 is 11.6 Å². The van der Waals surface area contributed by atoms with Crippen molar-refractivity contribution in [3.63, 3.8) is 0 Å². The number of amides is 2. The number of aromatic nitrogens is 1. The van der Waals surface area contributed by atoms with Gasteiger partial charge in [-0.25, -0.2) is 9.78 Å². The van der Waals surface area contributed by atoms with Crippen LogP contribution < -0.4 is 15.4 Å². The molecule has 1 heterocycles. The van der Waals surface area contributed by atoms with Crippen molar-refractivity contribution in [3.8, 4) is 5.75 Å². The summed E-state index contributed by atoms with van der Waals surface area (Å²) in [6.07, 6.45) is 2.08. The number of rotatable bonds is 6. The second kappa shape index (κ2) is 8.72. The monoisotopic (exact) mass is 361 g/mol. The van der Waals surface area contributed by atoms with Gasteiger partial charge in [0.25, 0.3) is 0 Å². The molecule has 0 aliphatic heterocycles. The Morgan fingerprint density at radius 3 is 2.44 bits per heavy atom. The zero-order valence-electron chi connectivity index (χ0n) is 15.1. The van der Waals surface area contributed by atoms with Gasteiger partial charge in [0.05, 0.1) is 12.3 Å². The lowest BCUT2D eigenvalue weighted by Crippen LogP contribution is -2.21. The van der Waals surface area contributed by atoms with Crippen LogP contribution in [-0.4, -0.2) is 17.6 Å². The number of benzene rings is 1. The fraction of sp³-hybridized carbons (Fsp3) is 0.368.